The van der Waals surface area contributed by atoms with E-state index in [1.54, 1.807) is 12.1 Å². The summed E-state index contributed by atoms with van der Waals surface area (Å²) in [7, 11) is -3.61. The molecule has 8 heteroatoms. The number of nitrogen functional groups attached to an aromatic ring is 1. The fraction of sp³-hybridized carbons (Fsp3) is 0.0909. The maximum absolute atomic E-state index is 12.0. The molecule has 0 fully saturated rings. The summed E-state index contributed by atoms with van der Waals surface area (Å²) >= 11 is 12.9. The van der Waals surface area contributed by atoms with E-state index in [2.05, 4.69) is 4.72 Å². The summed E-state index contributed by atoms with van der Waals surface area (Å²) in [5, 5.41) is 0.210. The quantitative estimate of drug-likeness (QED) is 0.842. The van der Waals surface area contributed by atoms with Gasteiger partial charge in [-0.2, -0.15) is 0 Å². The van der Waals surface area contributed by atoms with Gasteiger partial charge in [0.25, 0.3) is 0 Å². The van der Waals surface area contributed by atoms with Crippen LogP contribution in [0, 0.1) is 0 Å². The lowest BCUT2D eigenvalue weighted by Gasteiger charge is -2.07. The van der Waals surface area contributed by atoms with E-state index in [-0.39, 0.29) is 16.5 Å². The van der Waals surface area contributed by atoms with Gasteiger partial charge in [-0.05, 0) is 30.3 Å². The molecule has 0 bridgehead atoms. The molecule has 19 heavy (non-hydrogen) atoms. The largest absolute Gasteiger partial charge is 0.398 e. The van der Waals surface area contributed by atoms with Gasteiger partial charge in [0.1, 0.15) is 0 Å². The molecule has 0 aliphatic carbocycles. The molecule has 0 atom stereocenters. The van der Waals surface area contributed by atoms with Gasteiger partial charge in [-0.25, -0.2) is 13.1 Å². The van der Waals surface area contributed by atoms with E-state index in [0.29, 0.717) is 10.0 Å². The molecular weight excluding hydrogens is 327 g/mol. The molecule has 1 aromatic carbocycles. The molecule has 102 valence electrons. The van der Waals surface area contributed by atoms with Crippen LogP contribution >= 0.6 is 34.5 Å². The third kappa shape index (κ3) is 3.61. The van der Waals surface area contributed by atoms with Gasteiger partial charge in [0.2, 0.25) is 10.0 Å². The van der Waals surface area contributed by atoms with Crippen molar-refractivity contribution in [2.24, 2.45) is 0 Å². The number of nitrogens with one attached hydrogen (secondary N) is 1. The number of sulfonamides is 1. The highest BCUT2D eigenvalue weighted by Gasteiger charge is 2.15. The number of benzene rings is 1. The molecule has 3 N–H and O–H groups in total. The van der Waals surface area contributed by atoms with E-state index >= 15 is 0 Å². The molecule has 0 unspecified atom stereocenters. The van der Waals surface area contributed by atoms with Gasteiger partial charge >= 0.3 is 0 Å². The minimum Gasteiger partial charge on any atom is -0.398 e. The molecule has 4 nitrogen and oxygen atoms in total. The number of rotatable bonds is 4. The number of hydrogen-bond acceptors (Lipinski definition) is 4. The number of hydrogen-bond donors (Lipinski definition) is 2. The molecule has 0 spiro atoms. The third-order valence-electron chi connectivity index (χ3n) is 2.35. The van der Waals surface area contributed by atoms with Crippen LogP contribution in [0.3, 0.4) is 0 Å². The maximum atomic E-state index is 12.0. The summed E-state index contributed by atoms with van der Waals surface area (Å²) in [6.45, 7) is 0.182. The first kappa shape index (κ1) is 14.6. The first-order valence-corrected chi connectivity index (χ1v) is 8.23. The topological polar surface area (TPSA) is 72.2 Å². The van der Waals surface area contributed by atoms with Gasteiger partial charge in [-0.1, -0.05) is 23.2 Å². The molecule has 2 aromatic rings. The van der Waals surface area contributed by atoms with E-state index in [4.69, 9.17) is 28.9 Å². The average molecular weight is 337 g/mol. The van der Waals surface area contributed by atoms with E-state index in [0.717, 1.165) is 4.88 Å². The van der Waals surface area contributed by atoms with Crippen LogP contribution in [0.4, 0.5) is 5.69 Å². The van der Waals surface area contributed by atoms with Crippen LogP contribution in [0.25, 0.3) is 0 Å². The zero-order valence-electron chi connectivity index (χ0n) is 9.56. The van der Waals surface area contributed by atoms with Crippen molar-refractivity contribution in [1.82, 2.24) is 4.72 Å². The second kappa shape index (κ2) is 5.68. The van der Waals surface area contributed by atoms with E-state index in [1.807, 2.05) is 0 Å². The lowest BCUT2D eigenvalue weighted by molar-refractivity contribution is 0.582. The van der Waals surface area contributed by atoms with Crippen molar-refractivity contribution in [3.05, 3.63) is 44.6 Å². The Kier molecular flexibility index (Phi) is 4.37. The van der Waals surface area contributed by atoms with Crippen LogP contribution in [0.1, 0.15) is 4.88 Å². The third-order valence-corrected chi connectivity index (χ3v) is 5.30. The van der Waals surface area contributed by atoms with Crippen molar-refractivity contribution in [1.29, 1.82) is 0 Å². The van der Waals surface area contributed by atoms with Gasteiger partial charge in [0.15, 0.2) is 0 Å². The van der Waals surface area contributed by atoms with Gasteiger partial charge in [-0.3, -0.25) is 0 Å². The average Bonchev–Trinajstić information content (AvgIpc) is 2.76. The maximum Gasteiger partial charge on any atom is 0.240 e. The smallest absolute Gasteiger partial charge is 0.240 e. The summed E-state index contributed by atoms with van der Waals surface area (Å²) in [6.07, 6.45) is 0. The number of nitrogens with two attached hydrogens (primary N) is 1. The lowest BCUT2D eigenvalue weighted by Crippen LogP contribution is -2.22. The van der Waals surface area contributed by atoms with Crippen LogP contribution < -0.4 is 10.5 Å². The zero-order valence-corrected chi connectivity index (χ0v) is 12.7. The SMILES string of the molecule is Nc1ccc(S(=O)(=O)NCc2ccc(Cl)s2)cc1Cl. The van der Waals surface area contributed by atoms with E-state index in [9.17, 15) is 8.42 Å². The monoisotopic (exact) mass is 336 g/mol. The molecule has 0 amide bonds. The van der Waals surface area contributed by atoms with Crippen LogP contribution in [0.2, 0.25) is 9.36 Å². The predicted octanol–water partition coefficient (Wildman–Crippen LogP) is 3.12. The molecular formula is C11H10Cl2N2O2S2. The molecule has 0 radical (unpaired) electrons. The number of halogens is 2. The van der Waals surface area contributed by atoms with Crippen LogP contribution in [0.15, 0.2) is 35.2 Å². The number of anilines is 1. The summed E-state index contributed by atoms with van der Waals surface area (Å²) in [5.74, 6) is 0. The zero-order chi connectivity index (χ0) is 14.0. The molecule has 0 aliphatic heterocycles. The van der Waals surface area contributed by atoms with Crippen molar-refractivity contribution in [2.75, 3.05) is 5.73 Å². The van der Waals surface area contributed by atoms with Crippen molar-refractivity contribution >= 4 is 50.2 Å². The molecule has 0 saturated carbocycles. The molecule has 0 saturated heterocycles. The Morgan fingerprint density at radius 1 is 1.21 bits per heavy atom. The second-order valence-electron chi connectivity index (χ2n) is 3.71. The summed E-state index contributed by atoms with van der Waals surface area (Å²) < 4.78 is 27.2. The molecule has 2 rings (SSSR count). The van der Waals surface area contributed by atoms with Crippen molar-refractivity contribution in [2.45, 2.75) is 11.4 Å². The van der Waals surface area contributed by atoms with Gasteiger partial charge in [-0.15, -0.1) is 11.3 Å². The van der Waals surface area contributed by atoms with Crippen molar-refractivity contribution < 1.29 is 8.42 Å². The first-order chi connectivity index (χ1) is 8.88. The Morgan fingerprint density at radius 2 is 1.95 bits per heavy atom. The Bertz CT molecular complexity index is 698. The molecule has 0 aliphatic rings. The van der Waals surface area contributed by atoms with Gasteiger partial charge in [0, 0.05) is 11.4 Å². The van der Waals surface area contributed by atoms with Gasteiger partial charge < -0.3 is 5.73 Å². The standard InChI is InChI=1S/C11H10Cl2N2O2S2/c12-9-5-8(2-3-10(9)14)19(16,17)15-6-7-1-4-11(13)18-7/h1-5,15H,6,14H2. The Balaban J connectivity index is 2.16. The minimum atomic E-state index is -3.61. The summed E-state index contributed by atoms with van der Waals surface area (Å²) in [4.78, 5) is 0.907. The van der Waals surface area contributed by atoms with Crippen LogP contribution in [-0.2, 0) is 16.6 Å². The Hall–Kier alpha value is -0.790. The number of thiophene rings is 1. The highest BCUT2D eigenvalue weighted by Crippen LogP contribution is 2.24. The van der Waals surface area contributed by atoms with Gasteiger partial charge in [0.05, 0.1) is 19.9 Å². The van der Waals surface area contributed by atoms with Crippen LogP contribution in [-0.4, -0.2) is 8.42 Å². The Labute approximate surface area is 125 Å². The predicted molar refractivity (Wildman–Crippen MR) is 79.2 cm³/mol. The summed E-state index contributed by atoms with van der Waals surface area (Å²) in [6, 6.07) is 7.67. The normalized spacial score (nSPS) is 11.7. The Morgan fingerprint density at radius 3 is 2.53 bits per heavy atom. The van der Waals surface area contributed by atoms with E-state index in [1.165, 1.54) is 29.5 Å². The van der Waals surface area contributed by atoms with E-state index < -0.39 is 10.0 Å². The van der Waals surface area contributed by atoms with Crippen LogP contribution in [0.5, 0.6) is 0 Å². The fourth-order valence-corrected chi connectivity index (χ4v) is 3.77. The summed E-state index contributed by atoms with van der Waals surface area (Å²) in [5.41, 5.74) is 5.88. The lowest BCUT2D eigenvalue weighted by atomic mass is 10.3. The minimum absolute atomic E-state index is 0.0781. The fourth-order valence-electron chi connectivity index (χ4n) is 1.37. The molecule has 1 aromatic heterocycles. The highest BCUT2D eigenvalue weighted by molar-refractivity contribution is 7.89. The second-order valence-corrected chi connectivity index (χ2v) is 7.69. The van der Waals surface area contributed by atoms with Crippen molar-refractivity contribution in [3.63, 3.8) is 0 Å². The highest BCUT2D eigenvalue weighted by atomic mass is 35.5. The van der Waals surface area contributed by atoms with Crippen molar-refractivity contribution in [3.8, 4) is 0 Å². The molecule has 1 heterocycles. The first-order valence-electron chi connectivity index (χ1n) is 5.17.